The molecule has 1 aliphatic rings. The summed E-state index contributed by atoms with van der Waals surface area (Å²) in [6.45, 7) is 9.35. The van der Waals surface area contributed by atoms with Crippen LogP contribution < -0.4 is 0 Å². The molecule has 0 N–H and O–H groups in total. The average Bonchev–Trinajstić information content (AvgIpc) is 2.87. The van der Waals surface area contributed by atoms with E-state index in [0.29, 0.717) is 11.5 Å². The van der Waals surface area contributed by atoms with Crippen molar-refractivity contribution < 1.29 is 4.92 Å². The van der Waals surface area contributed by atoms with E-state index in [2.05, 4.69) is 15.0 Å². The molecule has 7 heteroatoms. The molecule has 134 valence electrons. The number of nitro groups is 1. The number of nitro benzene ring substituents is 1. The zero-order chi connectivity index (χ0) is 18.0. The lowest BCUT2D eigenvalue weighted by Crippen LogP contribution is -2.36. The molecule has 0 saturated carbocycles. The van der Waals surface area contributed by atoms with Crippen LogP contribution in [0.15, 0.2) is 18.2 Å². The van der Waals surface area contributed by atoms with Crippen molar-refractivity contribution in [3.05, 3.63) is 51.1 Å². The van der Waals surface area contributed by atoms with Gasteiger partial charge in [-0.3, -0.25) is 15.0 Å². The molecule has 1 aliphatic heterocycles. The number of aryl methyl sites for hydroxylation is 3. The van der Waals surface area contributed by atoms with Crippen LogP contribution in [0.5, 0.6) is 0 Å². The summed E-state index contributed by atoms with van der Waals surface area (Å²) in [5.41, 5.74) is 1.92. The molecule has 0 spiro atoms. The maximum Gasteiger partial charge on any atom is 0.272 e. The van der Waals surface area contributed by atoms with Gasteiger partial charge in [0, 0.05) is 31.3 Å². The number of piperidine rings is 1. The second-order valence-electron chi connectivity index (χ2n) is 7.01. The van der Waals surface area contributed by atoms with Gasteiger partial charge in [0.25, 0.3) is 5.69 Å². The van der Waals surface area contributed by atoms with Crippen molar-refractivity contribution in [1.82, 2.24) is 19.7 Å². The van der Waals surface area contributed by atoms with Gasteiger partial charge in [0.05, 0.1) is 4.92 Å². The van der Waals surface area contributed by atoms with Gasteiger partial charge in [0.15, 0.2) is 0 Å². The van der Waals surface area contributed by atoms with E-state index in [1.54, 1.807) is 13.0 Å². The number of likely N-dealkylation sites (tertiary alicyclic amines) is 1. The fourth-order valence-corrected chi connectivity index (χ4v) is 3.63. The highest BCUT2D eigenvalue weighted by molar-refractivity contribution is 5.42. The van der Waals surface area contributed by atoms with Gasteiger partial charge >= 0.3 is 0 Å². The molecular formula is C18H25N5O2. The van der Waals surface area contributed by atoms with Gasteiger partial charge < -0.3 is 0 Å². The quantitative estimate of drug-likeness (QED) is 0.616. The highest BCUT2D eigenvalue weighted by Crippen LogP contribution is 2.23. The van der Waals surface area contributed by atoms with Crippen LogP contribution in [0.1, 0.15) is 35.6 Å². The van der Waals surface area contributed by atoms with E-state index in [4.69, 9.17) is 0 Å². The smallest absolute Gasteiger partial charge is 0.272 e. The molecule has 1 saturated heterocycles. The van der Waals surface area contributed by atoms with Crippen LogP contribution in [0, 0.1) is 36.8 Å². The zero-order valence-corrected chi connectivity index (χ0v) is 15.1. The van der Waals surface area contributed by atoms with Crippen LogP contribution in [-0.2, 0) is 13.1 Å². The van der Waals surface area contributed by atoms with Crippen LogP contribution in [-0.4, -0.2) is 37.7 Å². The number of hydrogen-bond donors (Lipinski definition) is 0. The Kier molecular flexibility index (Phi) is 5.13. The molecule has 1 atom stereocenters. The van der Waals surface area contributed by atoms with E-state index >= 15 is 0 Å². The molecule has 1 fully saturated rings. The Labute approximate surface area is 147 Å². The monoisotopic (exact) mass is 343 g/mol. The van der Waals surface area contributed by atoms with Crippen LogP contribution in [0.2, 0.25) is 0 Å². The normalized spacial score (nSPS) is 18.4. The first kappa shape index (κ1) is 17.5. The third kappa shape index (κ3) is 4.22. The zero-order valence-electron chi connectivity index (χ0n) is 15.1. The first-order chi connectivity index (χ1) is 11.9. The van der Waals surface area contributed by atoms with E-state index in [-0.39, 0.29) is 10.6 Å². The Morgan fingerprint density at radius 3 is 2.80 bits per heavy atom. The van der Waals surface area contributed by atoms with E-state index < -0.39 is 0 Å². The first-order valence-electron chi connectivity index (χ1n) is 8.76. The number of hydrogen-bond acceptors (Lipinski definition) is 5. The molecule has 0 bridgehead atoms. The molecule has 1 aromatic heterocycles. The molecule has 0 aliphatic carbocycles. The van der Waals surface area contributed by atoms with Crippen molar-refractivity contribution in [2.24, 2.45) is 5.92 Å². The van der Waals surface area contributed by atoms with Crippen molar-refractivity contribution in [1.29, 1.82) is 0 Å². The van der Waals surface area contributed by atoms with Gasteiger partial charge in [-0.15, -0.1) is 0 Å². The van der Waals surface area contributed by atoms with Crippen molar-refractivity contribution in [2.75, 3.05) is 13.1 Å². The molecule has 3 rings (SSSR count). The van der Waals surface area contributed by atoms with Crippen molar-refractivity contribution >= 4 is 5.69 Å². The topological polar surface area (TPSA) is 77.1 Å². The van der Waals surface area contributed by atoms with Gasteiger partial charge in [-0.2, -0.15) is 5.10 Å². The van der Waals surface area contributed by atoms with Crippen LogP contribution in [0.3, 0.4) is 0 Å². The van der Waals surface area contributed by atoms with Gasteiger partial charge in [-0.1, -0.05) is 12.1 Å². The maximum atomic E-state index is 11.1. The molecule has 0 amide bonds. The predicted molar refractivity (Wildman–Crippen MR) is 95.3 cm³/mol. The molecule has 2 heterocycles. The van der Waals surface area contributed by atoms with E-state index in [1.165, 1.54) is 6.42 Å². The van der Waals surface area contributed by atoms with Crippen molar-refractivity contribution in [2.45, 2.75) is 46.7 Å². The Morgan fingerprint density at radius 1 is 1.32 bits per heavy atom. The van der Waals surface area contributed by atoms with Gasteiger partial charge in [-0.05, 0) is 51.6 Å². The minimum Gasteiger partial charge on any atom is -0.299 e. The Morgan fingerprint density at radius 2 is 2.12 bits per heavy atom. The summed E-state index contributed by atoms with van der Waals surface area (Å²) in [6, 6.07) is 5.55. The SMILES string of the molecule is Cc1nc(C)n(CC2CCCN(Cc3ccc(C)c([N+](=O)[O-])c3)C2)n1. The Balaban J connectivity index is 1.65. The second kappa shape index (κ2) is 7.31. The third-order valence-corrected chi connectivity index (χ3v) is 4.87. The number of rotatable bonds is 5. The lowest BCUT2D eigenvalue weighted by molar-refractivity contribution is -0.385. The molecule has 7 nitrogen and oxygen atoms in total. The fraction of sp³-hybridized carbons (Fsp3) is 0.556. The number of aromatic nitrogens is 3. The van der Waals surface area contributed by atoms with E-state index in [1.807, 2.05) is 30.7 Å². The molecule has 25 heavy (non-hydrogen) atoms. The number of benzene rings is 1. The summed E-state index contributed by atoms with van der Waals surface area (Å²) in [6.07, 6.45) is 2.33. The highest BCUT2D eigenvalue weighted by atomic mass is 16.6. The lowest BCUT2D eigenvalue weighted by Gasteiger charge is -2.32. The van der Waals surface area contributed by atoms with E-state index in [0.717, 1.165) is 49.8 Å². The van der Waals surface area contributed by atoms with Crippen molar-refractivity contribution in [3.63, 3.8) is 0 Å². The fourth-order valence-electron chi connectivity index (χ4n) is 3.63. The largest absolute Gasteiger partial charge is 0.299 e. The summed E-state index contributed by atoms with van der Waals surface area (Å²) >= 11 is 0. The van der Waals surface area contributed by atoms with Crippen molar-refractivity contribution in [3.8, 4) is 0 Å². The predicted octanol–water partition coefficient (Wildman–Crippen LogP) is 3.02. The lowest BCUT2D eigenvalue weighted by atomic mass is 9.97. The molecule has 2 aromatic rings. The third-order valence-electron chi connectivity index (χ3n) is 4.87. The summed E-state index contributed by atoms with van der Waals surface area (Å²) in [5.74, 6) is 2.31. The van der Waals surface area contributed by atoms with Gasteiger partial charge in [0.1, 0.15) is 11.6 Å². The van der Waals surface area contributed by atoms with Gasteiger partial charge in [0.2, 0.25) is 0 Å². The summed E-state index contributed by atoms with van der Waals surface area (Å²) < 4.78 is 2.00. The number of nitrogens with zero attached hydrogens (tertiary/aromatic N) is 5. The van der Waals surface area contributed by atoms with Crippen LogP contribution in [0.25, 0.3) is 0 Å². The standard InChI is InChI=1S/C18H25N5O2/c1-13-6-7-16(9-18(13)23(24)25)10-21-8-4-5-17(11-21)12-22-15(3)19-14(2)20-22/h6-7,9,17H,4-5,8,10-12H2,1-3H3. The molecule has 0 radical (unpaired) electrons. The van der Waals surface area contributed by atoms with E-state index in [9.17, 15) is 10.1 Å². The summed E-state index contributed by atoms with van der Waals surface area (Å²) in [7, 11) is 0. The first-order valence-corrected chi connectivity index (χ1v) is 8.76. The van der Waals surface area contributed by atoms with Crippen LogP contribution >= 0.6 is 0 Å². The Bertz CT molecular complexity index is 771. The minimum absolute atomic E-state index is 0.208. The summed E-state index contributed by atoms with van der Waals surface area (Å²) in [4.78, 5) is 17.6. The molecule has 1 aromatic carbocycles. The Hall–Kier alpha value is -2.28. The van der Waals surface area contributed by atoms with Crippen LogP contribution in [0.4, 0.5) is 5.69 Å². The second-order valence-corrected chi connectivity index (χ2v) is 7.01. The highest BCUT2D eigenvalue weighted by Gasteiger charge is 2.22. The maximum absolute atomic E-state index is 11.1. The average molecular weight is 343 g/mol. The minimum atomic E-state index is -0.298. The van der Waals surface area contributed by atoms with Gasteiger partial charge in [-0.25, -0.2) is 9.67 Å². The molecule has 1 unspecified atom stereocenters. The summed E-state index contributed by atoms with van der Waals surface area (Å²) in [5, 5.41) is 15.6. The molecular weight excluding hydrogens is 318 g/mol.